The molecule has 0 aliphatic carbocycles. The SMILES string of the molecule is O=C1NC(=O)C(c2cn(CC3CCNCC3F)c3ccccc23)=C1c1c[nH]c2sccc12. The number of piperidine rings is 1. The number of aromatic nitrogens is 2. The van der Waals surface area contributed by atoms with Crippen molar-refractivity contribution in [3.8, 4) is 0 Å². The van der Waals surface area contributed by atoms with Crippen LogP contribution in [0.2, 0.25) is 0 Å². The Kier molecular flexibility index (Phi) is 4.51. The van der Waals surface area contributed by atoms with Crippen LogP contribution in [0.15, 0.2) is 48.1 Å². The molecule has 0 saturated carbocycles. The normalized spacial score (nSPS) is 21.8. The molecule has 3 aromatic heterocycles. The van der Waals surface area contributed by atoms with Crippen LogP contribution >= 0.6 is 11.3 Å². The largest absolute Gasteiger partial charge is 0.352 e. The minimum absolute atomic E-state index is 0.0949. The van der Waals surface area contributed by atoms with E-state index in [1.807, 2.05) is 46.5 Å². The molecule has 1 fully saturated rings. The number of thiophene rings is 1. The fourth-order valence-electron chi connectivity index (χ4n) is 4.95. The molecular weight excluding hydrogens is 427 g/mol. The van der Waals surface area contributed by atoms with Gasteiger partial charge in [0.25, 0.3) is 11.8 Å². The van der Waals surface area contributed by atoms with E-state index in [0.29, 0.717) is 29.8 Å². The van der Waals surface area contributed by atoms with Gasteiger partial charge < -0.3 is 14.9 Å². The summed E-state index contributed by atoms with van der Waals surface area (Å²) in [5, 5.41) is 9.34. The molecule has 32 heavy (non-hydrogen) atoms. The first-order chi connectivity index (χ1) is 15.6. The lowest BCUT2D eigenvalue weighted by Gasteiger charge is -2.27. The maximum atomic E-state index is 14.5. The smallest absolute Gasteiger partial charge is 0.259 e. The Balaban J connectivity index is 1.54. The number of hydrogen-bond acceptors (Lipinski definition) is 4. The molecule has 2 atom stereocenters. The van der Waals surface area contributed by atoms with Crippen molar-refractivity contribution in [3.63, 3.8) is 0 Å². The van der Waals surface area contributed by atoms with E-state index in [1.54, 1.807) is 17.5 Å². The van der Waals surface area contributed by atoms with Crippen molar-refractivity contribution < 1.29 is 14.0 Å². The quantitative estimate of drug-likeness (QED) is 0.417. The first-order valence-electron chi connectivity index (χ1n) is 10.7. The Morgan fingerprint density at radius 2 is 1.88 bits per heavy atom. The second kappa shape index (κ2) is 7.43. The van der Waals surface area contributed by atoms with Crippen LogP contribution in [0, 0.1) is 5.92 Å². The van der Waals surface area contributed by atoms with Crippen LogP contribution in [0.25, 0.3) is 32.3 Å². The number of imide groups is 1. The Morgan fingerprint density at radius 1 is 1.06 bits per heavy atom. The number of hydrogen-bond donors (Lipinski definition) is 3. The van der Waals surface area contributed by atoms with Gasteiger partial charge in [-0.25, -0.2) is 4.39 Å². The van der Waals surface area contributed by atoms with E-state index >= 15 is 0 Å². The van der Waals surface area contributed by atoms with E-state index in [-0.39, 0.29) is 5.92 Å². The van der Waals surface area contributed by atoms with Gasteiger partial charge in [-0.3, -0.25) is 14.9 Å². The van der Waals surface area contributed by atoms with Crippen molar-refractivity contribution >= 4 is 55.4 Å². The molecule has 2 aliphatic rings. The summed E-state index contributed by atoms with van der Waals surface area (Å²) < 4.78 is 16.6. The number of halogens is 1. The Bertz CT molecular complexity index is 1410. The van der Waals surface area contributed by atoms with E-state index in [1.165, 1.54) is 0 Å². The van der Waals surface area contributed by atoms with Gasteiger partial charge in [-0.15, -0.1) is 11.3 Å². The van der Waals surface area contributed by atoms with Crippen molar-refractivity contribution in [1.29, 1.82) is 0 Å². The first kappa shape index (κ1) is 19.5. The summed E-state index contributed by atoms with van der Waals surface area (Å²) in [6.07, 6.45) is 3.54. The van der Waals surface area contributed by atoms with E-state index in [4.69, 9.17) is 0 Å². The Hall–Kier alpha value is -3.23. The van der Waals surface area contributed by atoms with Gasteiger partial charge in [0.1, 0.15) is 11.0 Å². The van der Waals surface area contributed by atoms with Gasteiger partial charge in [0.15, 0.2) is 0 Å². The van der Waals surface area contributed by atoms with Gasteiger partial charge in [-0.1, -0.05) is 18.2 Å². The zero-order valence-electron chi connectivity index (χ0n) is 17.2. The molecule has 6 nitrogen and oxygen atoms in total. The predicted octanol–water partition coefficient (Wildman–Crippen LogP) is 3.70. The third-order valence-electron chi connectivity index (χ3n) is 6.54. The molecule has 162 valence electrons. The number of fused-ring (bicyclic) bond motifs is 2. The van der Waals surface area contributed by atoms with Crippen molar-refractivity contribution in [3.05, 3.63) is 59.2 Å². The molecule has 2 unspecified atom stereocenters. The van der Waals surface area contributed by atoms with Gasteiger partial charge in [-0.05, 0) is 30.5 Å². The number of nitrogens with one attached hydrogen (secondary N) is 3. The van der Waals surface area contributed by atoms with Crippen LogP contribution in [0.5, 0.6) is 0 Å². The molecule has 5 heterocycles. The highest BCUT2D eigenvalue weighted by molar-refractivity contribution is 7.16. The lowest BCUT2D eigenvalue weighted by Crippen LogP contribution is -2.39. The van der Waals surface area contributed by atoms with E-state index in [2.05, 4.69) is 15.6 Å². The minimum Gasteiger partial charge on any atom is -0.352 e. The van der Waals surface area contributed by atoms with Gasteiger partial charge >= 0.3 is 0 Å². The summed E-state index contributed by atoms with van der Waals surface area (Å²) in [7, 11) is 0. The maximum Gasteiger partial charge on any atom is 0.259 e. The highest BCUT2D eigenvalue weighted by atomic mass is 32.1. The van der Waals surface area contributed by atoms with Crippen molar-refractivity contribution in [2.75, 3.05) is 13.1 Å². The number of H-pyrrole nitrogens is 1. The maximum absolute atomic E-state index is 14.5. The number of para-hydroxylation sites is 1. The van der Waals surface area contributed by atoms with Crippen LogP contribution in [-0.2, 0) is 16.1 Å². The second-order valence-corrected chi connectivity index (χ2v) is 9.30. The zero-order valence-corrected chi connectivity index (χ0v) is 18.0. The molecule has 1 saturated heterocycles. The molecule has 0 bridgehead atoms. The highest BCUT2D eigenvalue weighted by Crippen LogP contribution is 2.39. The molecule has 2 aliphatic heterocycles. The number of aromatic amines is 1. The summed E-state index contributed by atoms with van der Waals surface area (Å²) in [6.45, 7) is 1.70. The molecule has 8 heteroatoms. The third kappa shape index (κ3) is 2.94. The topological polar surface area (TPSA) is 78.9 Å². The summed E-state index contributed by atoms with van der Waals surface area (Å²) in [5.41, 5.74) is 3.11. The van der Waals surface area contributed by atoms with Gasteiger partial charge in [-0.2, -0.15) is 0 Å². The molecule has 3 N–H and O–H groups in total. The monoisotopic (exact) mass is 448 g/mol. The van der Waals surface area contributed by atoms with Gasteiger partial charge in [0.05, 0.1) is 11.1 Å². The number of carbonyl (C=O) groups excluding carboxylic acids is 2. The summed E-state index contributed by atoms with van der Waals surface area (Å²) >= 11 is 1.55. The molecule has 4 aromatic rings. The zero-order chi connectivity index (χ0) is 21.8. The molecule has 0 radical (unpaired) electrons. The molecular formula is C24H21FN4O2S. The average molecular weight is 449 g/mol. The lowest BCUT2D eigenvalue weighted by molar-refractivity contribution is -0.122. The van der Waals surface area contributed by atoms with Crippen LogP contribution < -0.4 is 10.6 Å². The summed E-state index contributed by atoms with van der Waals surface area (Å²) in [5.74, 6) is -0.888. The lowest BCUT2D eigenvalue weighted by atomic mass is 9.96. The molecule has 1 aromatic carbocycles. The fourth-order valence-corrected chi connectivity index (χ4v) is 5.73. The first-order valence-corrected chi connectivity index (χ1v) is 11.6. The van der Waals surface area contributed by atoms with Crippen molar-refractivity contribution in [1.82, 2.24) is 20.2 Å². The summed E-state index contributed by atoms with van der Waals surface area (Å²) in [6, 6.07) is 9.74. The predicted molar refractivity (Wildman–Crippen MR) is 124 cm³/mol. The number of carbonyl (C=O) groups is 2. The Labute approximate surface area is 187 Å². The third-order valence-corrected chi connectivity index (χ3v) is 7.38. The molecule has 2 amide bonds. The Morgan fingerprint density at radius 3 is 2.72 bits per heavy atom. The van der Waals surface area contributed by atoms with Crippen LogP contribution in [-0.4, -0.2) is 40.6 Å². The van der Waals surface area contributed by atoms with Crippen LogP contribution in [0.3, 0.4) is 0 Å². The molecule has 0 spiro atoms. The van der Waals surface area contributed by atoms with Crippen LogP contribution in [0.1, 0.15) is 17.5 Å². The average Bonchev–Trinajstić information content (AvgIpc) is 3.53. The number of alkyl halides is 1. The minimum atomic E-state index is -0.911. The number of nitrogens with zero attached hydrogens (tertiary/aromatic N) is 1. The number of rotatable bonds is 4. The summed E-state index contributed by atoms with van der Waals surface area (Å²) in [4.78, 5) is 30.0. The molecule has 6 rings (SSSR count). The van der Waals surface area contributed by atoms with E-state index in [9.17, 15) is 14.0 Å². The standard InChI is InChI=1S/C24H21FN4O2S/c25-18-10-26-7-5-13(18)11-29-12-17(14-3-1-2-4-19(14)29)21-20(22(30)28-23(21)31)16-9-27-24-15(16)6-8-32-24/h1-4,6,8-9,12-13,18,26-27H,5,7,10-11H2,(H,28,30,31). The fraction of sp³-hybridized carbons (Fsp3) is 0.250. The highest BCUT2D eigenvalue weighted by Gasteiger charge is 2.35. The van der Waals surface area contributed by atoms with Crippen molar-refractivity contribution in [2.24, 2.45) is 5.92 Å². The number of benzene rings is 1. The second-order valence-electron chi connectivity index (χ2n) is 8.38. The van der Waals surface area contributed by atoms with Gasteiger partial charge in [0, 0.05) is 58.8 Å². The van der Waals surface area contributed by atoms with Crippen LogP contribution in [0.4, 0.5) is 4.39 Å². The van der Waals surface area contributed by atoms with E-state index < -0.39 is 18.0 Å². The number of amides is 2. The van der Waals surface area contributed by atoms with Gasteiger partial charge in [0.2, 0.25) is 0 Å². The van der Waals surface area contributed by atoms with E-state index in [0.717, 1.165) is 39.6 Å². The van der Waals surface area contributed by atoms with Crippen molar-refractivity contribution in [2.45, 2.75) is 19.1 Å².